The highest BCUT2D eigenvalue weighted by molar-refractivity contribution is 5.72. The van der Waals surface area contributed by atoms with Crippen molar-refractivity contribution in [3.63, 3.8) is 0 Å². The summed E-state index contributed by atoms with van der Waals surface area (Å²) in [5.74, 6) is 0.742. The second-order valence-electron chi connectivity index (χ2n) is 5.57. The molecular formula is C14H28O3. The van der Waals surface area contributed by atoms with E-state index >= 15 is 0 Å². The lowest BCUT2D eigenvalue weighted by molar-refractivity contribution is -0.152. The molecule has 0 radical (unpaired) electrons. The highest BCUT2D eigenvalue weighted by atomic mass is 16.5. The van der Waals surface area contributed by atoms with Gasteiger partial charge in [-0.1, -0.05) is 34.6 Å². The van der Waals surface area contributed by atoms with E-state index in [0.717, 1.165) is 12.8 Å². The number of esters is 1. The standard InChI is InChI=1S/C14H28O3/c1-6-12(8-15)9-17-14(16)13(11(4)5)7-10(2)3/h10-13,15H,6-9H2,1-5H3. The van der Waals surface area contributed by atoms with Gasteiger partial charge in [0.05, 0.1) is 12.5 Å². The van der Waals surface area contributed by atoms with Crippen LogP contribution in [0, 0.1) is 23.7 Å². The number of aliphatic hydroxyl groups is 1. The molecule has 102 valence electrons. The van der Waals surface area contributed by atoms with Crippen molar-refractivity contribution in [3.8, 4) is 0 Å². The molecule has 0 fully saturated rings. The quantitative estimate of drug-likeness (QED) is 0.668. The zero-order valence-electron chi connectivity index (χ0n) is 11.9. The minimum Gasteiger partial charge on any atom is -0.465 e. The van der Waals surface area contributed by atoms with E-state index in [1.807, 2.05) is 6.92 Å². The van der Waals surface area contributed by atoms with E-state index < -0.39 is 0 Å². The molecule has 1 N–H and O–H groups in total. The first-order valence-electron chi connectivity index (χ1n) is 6.69. The molecule has 3 heteroatoms. The van der Waals surface area contributed by atoms with E-state index in [4.69, 9.17) is 9.84 Å². The van der Waals surface area contributed by atoms with Gasteiger partial charge < -0.3 is 9.84 Å². The third-order valence-electron chi connectivity index (χ3n) is 3.13. The van der Waals surface area contributed by atoms with Crippen molar-refractivity contribution < 1.29 is 14.6 Å². The van der Waals surface area contributed by atoms with E-state index in [9.17, 15) is 4.79 Å². The molecule has 2 atom stereocenters. The molecule has 0 saturated heterocycles. The van der Waals surface area contributed by atoms with Crippen LogP contribution in [0.4, 0.5) is 0 Å². The highest BCUT2D eigenvalue weighted by Gasteiger charge is 2.25. The Morgan fingerprint density at radius 2 is 1.82 bits per heavy atom. The number of hydrogen-bond acceptors (Lipinski definition) is 3. The van der Waals surface area contributed by atoms with Crippen LogP contribution in [-0.4, -0.2) is 24.3 Å². The molecule has 0 aliphatic heterocycles. The molecule has 0 bridgehead atoms. The topological polar surface area (TPSA) is 46.5 Å². The predicted molar refractivity (Wildman–Crippen MR) is 69.6 cm³/mol. The Morgan fingerprint density at radius 1 is 1.24 bits per heavy atom. The van der Waals surface area contributed by atoms with Gasteiger partial charge in [-0.3, -0.25) is 4.79 Å². The van der Waals surface area contributed by atoms with Gasteiger partial charge in [0, 0.05) is 12.5 Å². The lowest BCUT2D eigenvalue weighted by Crippen LogP contribution is -2.27. The van der Waals surface area contributed by atoms with E-state index in [2.05, 4.69) is 27.7 Å². The van der Waals surface area contributed by atoms with Gasteiger partial charge in [0.15, 0.2) is 0 Å². The molecule has 2 unspecified atom stereocenters. The summed E-state index contributed by atoms with van der Waals surface area (Å²) in [6.07, 6.45) is 1.70. The van der Waals surface area contributed by atoms with E-state index in [1.54, 1.807) is 0 Å². The Labute approximate surface area is 106 Å². The first-order valence-corrected chi connectivity index (χ1v) is 6.69. The Hall–Kier alpha value is -0.570. The van der Waals surface area contributed by atoms with Gasteiger partial charge in [-0.05, 0) is 24.7 Å². The fourth-order valence-electron chi connectivity index (χ4n) is 1.76. The van der Waals surface area contributed by atoms with E-state index in [1.165, 1.54) is 0 Å². The fourth-order valence-corrected chi connectivity index (χ4v) is 1.76. The van der Waals surface area contributed by atoms with Crippen LogP contribution in [0.3, 0.4) is 0 Å². The molecular weight excluding hydrogens is 216 g/mol. The van der Waals surface area contributed by atoms with Crippen molar-refractivity contribution in [2.75, 3.05) is 13.2 Å². The van der Waals surface area contributed by atoms with Crippen LogP contribution in [0.1, 0.15) is 47.5 Å². The van der Waals surface area contributed by atoms with E-state index in [-0.39, 0.29) is 24.4 Å². The average Bonchev–Trinajstić information content (AvgIpc) is 2.26. The molecule has 0 heterocycles. The average molecular weight is 244 g/mol. The summed E-state index contributed by atoms with van der Waals surface area (Å²) >= 11 is 0. The number of aliphatic hydroxyl groups excluding tert-OH is 1. The summed E-state index contributed by atoms with van der Waals surface area (Å²) in [5, 5.41) is 9.04. The number of carbonyl (C=O) groups is 1. The molecule has 0 rings (SSSR count). The van der Waals surface area contributed by atoms with Gasteiger partial charge in [0.2, 0.25) is 0 Å². The maximum Gasteiger partial charge on any atom is 0.309 e. The van der Waals surface area contributed by atoms with Crippen LogP contribution < -0.4 is 0 Å². The molecule has 17 heavy (non-hydrogen) atoms. The van der Waals surface area contributed by atoms with Crippen molar-refractivity contribution in [1.29, 1.82) is 0 Å². The first-order chi connectivity index (χ1) is 7.92. The van der Waals surface area contributed by atoms with Crippen LogP contribution in [0.15, 0.2) is 0 Å². The SMILES string of the molecule is CCC(CO)COC(=O)C(CC(C)C)C(C)C. The predicted octanol–water partition coefficient (Wildman–Crippen LogP) is 2.87. The van der Waals surface area contributed by atoms with Gasteiger partial charge in [0.1, 0.15) is 0 Å². The number of carbonyl (C=O) groups excluding carboxylic acids is 1. The Morgan fingerprint density at radius 3 is 2.18 bits per heavy atom. The summed E-state index contributed by atoms with van der Waals surface area (Å²) < 4.78 is 5.31. The Balaban J connectivity index is 4.23. The first kappa shape index (κ1) is 16.4. The third kappa shape index (κ3) is 6.67. The maximum atomic E-state index is 12.0. The Kier molecular flexibility index (Phi) is 8.23. The minimum absolute atomic E-state index is 0.0220. The summed E-state index contributed by atoms with van der Waals surface area (Å²) in [7, 11) is 0. The van der Waals surface area contributed by atoms with Gasteiger partial charge in [-0.15, -0.1) is 0 Å². The van der Waals surface area contributed by atoms with Crippen LogP contribution in [0.25, 0.3) is 0 Å². The van der Waals surface area contributed by atoms with Crippen LogP contribution in [-0.2, 0) is 9.53 Å². The summed E-state index contributed by atoms with van der Waals surface area (Å²) in [5.41, 5.74) is 0. The van der Waals surface area contributed by atoms with Crippen molar-refractivity contribution in [2.24, 2.45) is 23.7 Å². The number of hydrogen-bond donors (Lipinski definition) is 1. The molecule has 0 aliphatic rings. The van der Waals surface area contributed by atoms with Crippen LogP contribution in [0.5, 0.6) is 0 Å². The van der Waals surface area contributed by atoms with Gasteiger partial charge in [0.25, 0.3) is 0 Å². The molecule has 0 amide bonds. The normalized spacial score (nSPS) is 15.1. The van der Waals surface area contributed by atoms with Crippen molar-refractivity contribution in [1.82, 2.24) is 0 Å². The van der Waals surface area contributed by atoms with Gasteiger partial charge in [-0.25, -0.2) is 0 Å². The minimum atomic E-state index is -0.111. The van der Waals surface area contributed by atoms with Crippen molar-refractivity contribution in [2.45, 2.75) is 47.5 Å². The molecule has 0 spiro atoms. The second kappa shape index (κ2) is 8.51. The van der Waals surface area contributed by atoms with Crippen molar-refractivity contribution >= 4 is 5.97 Å². The lowest BCUT2D eigenvalue weighted by atomic mass is 9.88. The molecule has 0 aromatic heterocycles. The summed E-state index contributed by atoms with van der Waals surface area (Å²) in [4.78, 5) is 12.0. The number of ether oxygens (including phenoxy) is 1. The molecule has 0 saturated carbocycles. The summed E-state index contributed by atoms with van der Waals surface area (Å²) in [6, 6.07) is 0. The number of rotatable bonds is 8. The third-order valence-corrected chi connectivity index (χ3v) is 3.13. The maximum absolute atomic E-state index is 12.0. The largest absolute Gasteiger partial charge is 0.465 e. The molecule has 3 nitrogen and oxygen atoms in total. The molecule has 0 aliphatic carbocycles. The highest BCUT2D eigenvalue weighted by Crippen LogP contribution is 2.22. The zero-order chi connectivity index (χ0) is 13.4. The second-order valence-corrected chi connectivity index (χ2v) is 5.57. The fraction of sp³-hybridized carbons (Fsp3) is 0.929. The van der Waals surface area contributed by atoms with Gasteiger partial charge in [-0.2, -0.15) is 0 Å². The van der Waals surface area contributed by atoms with Crippen molar-refractivity contribution in [3.05, 3.63) is 0 Å². The monoisotopic (exact) mass is 244 g/mol. The van der Waals surface area contributed by atoms with Crippen LogP contribution >= 0.6 is 0 Å². The zero-order valence-corrected chi connectivity index (χ0v) is 11.9. The molecule has 0 aromatic carbocycles. The summed E-state index contributed by atoms with van der Waals surface area (Å²) in [6.45, 7) is 10.8. The van der Waals surface area contributed by atoms with Crippen LogP contribution in [0.2, 0.25) is 0 Å². The Bertz CT molecular complexity index is 208. The lowest BCUT2D eigenvalue weighted by Gasteiger charge is -2.22. The molecule has 0 aromatic rings. The van der Waals surface area contributed by atoms with E-state index in [0.29, 0.717) is 18.4 Å². The smallest absolute Gasteiger partial charge is 0.309 e. The van der Waals surface area contributed by atoms with Gasteiger partial charge >= 0.3 is 5.97 Å².